The lowest BCUT2D eigenvalue weighted by Gasteiger charge is -2.03. The van der Waals surface area contributed by atoms with E-state index in [-0.39, 0.29) is 18.1 Å². The molecule has 1 aliphatic rings. The van der Waals surface area contributed by atoms with Gasteiger partial charge in [0.1, 0.15) is 6.54 Å². The summed E-state index contributed by atoms with van der Waals surface area (Å²) >= 11 is 0. The van der Waals surface area contributed by atoms with Crippen LogP contribution in [0.4, 0.5) is 0 Å². The van der Waals surface area contributed by atoms with Crippen LogP contribution in [0.5, 0.6) is 0 Å². The highest BCUT2D eigenvalue weighted by Crippen LogP contribution is 2.19. The summed E-state index contributed by atoms with van der Waals surface area (Å²) in [7, 11) is 0. The van der Waals surface area contributed by atoms with Crippen molar-refractivity contribution in [3.05, 3.63) is 23.5 Å². The normalized spacial score (nSPS) is 14.2. The minimum absolute atomic E-state index is 0.140. The molecule has 1 aromatic rings. The molecule has 1 aliphatic carbocycles. The van der Waals surface area contributed by atoms with Crippen molar-refractivity contribution in [1.29, 1.82) is 0 Å². The highest BCUT2D eigenvalue weighted by molar-refractivity contribution is 5.91. The molecule has 19 heavy (non-hydrogen) atoms. The molecule has 1 heterocycles. The van der Waals surface area contributed by atoms with E-state index in [1.807, 2.05) is 0 Å². The molecule has 7 heteroatoms. The predicted molar refractivity (Wildman–Crippen MR) is 66.5 cm³/mol. The van der Waals surface area contributed by atoms with Crippen LogP contribution in [0.25, 0.3) is 0 Å². The SMILES string of the molecule is O=C(O)Cn1cc(C(=O)NCCC2=CCCC2)nn1. The number of allylic oxidation sites excluding steroid dienone is 1. The Morgan fingerprint density at radius 1 is 1.47 bits per heavy atom. The summed E-state index contributed by atoms with van der Waals surface area (Å²) in [5.41, 5.74) is 1.52. The maximum atomic E-state index is 11.7. The number of carbonyl (C=O) groups is 2. The molecule has 2 rings (SSSR count). The van der Waals surface area contributed by atoms with Crippen LogP contribution < -0.4 is 5.32 Å². The van der Waals surface area contributed by atoms with E-state index in [1.165, 1.54) is 18.2 Å². The number of carboxylic acid groups (broad SMARTS) is 1. The maximum Gasteiger partial charge on any atom is 0.325 e. The molecule has 0 aliphatic heterocycles. The molecule has 0 radical (unpaired) electrons. The minimum Gasteiger partial charge on any atom is -0.480 e. The Labute approximate surface area is 110 Å². The van der Waals surface area contributed by atoms with Crippen molar-refractivity contribution in [2.45, 2.75) is 32.2 Å². The van der Waals surface area contributed by atoms with Gasteiger partial charge in [-0.3, -0.25) is 9.59 Å². The van der Waals surface area contributed by atoms with Crippen molar-refractivity contribution in [3.63, 3.8) is 0 Å². The summed E-state index contributed by atoms with van der Waals surface area (Å²) in [6.45, 7) is 0.267. The van der Waals surface area contributed by atoms with Crippen LogP contribution in [0.1, 0.15) is 36.2 Å². The first kappa shape index (κ1) is 13.3. The lowest BCUT2D eigenvalue weighted by molar-refractivity contribution is -0.137. The van der Waals surface area contributed by atoms with Gasteiger partial charge in [0, 0.05) is 6.54 Å². The lowest BCUT2D eigenvalue weighted by atomic mass is 10.2. The third kappa shape index (κ3) is 3.90. The molecule has 0 spiro atoms. The summed E-state index contributed by atoms with van der Waals surface area (Å²) in [4.78, 5) is 22.2. The van der Waals surface area contributed by atoms with Gasteiger partial charge in [0.15, 0.2) is 5.69 Å². The first-order valence-corrected chi connectivity index (χ1v) is 6.23. The van der Waals surface area contributed by atoms with E-state index >= 15 is 0 Å². The van der Waals surface area contributed by atoms with Crippen LogP contribution in [0.3, 0.4) is 0 Å². The van der Waals surface area contributed by atoms with Crippen LogP contribution in [-0.4, -0.2) is 38.5 Å². The zero-order valence-corrected chi connectivity index (χ0v) is 10.5. The van der Waals surface area contributed by atoms with Gasteiger partial charge in [0.05, 0.1) is 6.20 Å². The molecule has 1 aromatic heterocycles. The van der Waals surface area contributed by atoms with Crippen molar-refractivity contribution in [2.24, 2.45) is 0 Å². The molecule has 1 amide bonds. The summed E-state index contributed by atoms with van der Waals surface area (Å²) in [5.74, 6) is -1.35. The van der Waals surface area contributed by atoms with Gasteiger partial charge in [-0.2, -0.15) is 0 Å². The largest absolute Gasteiger partial charge is 0.480 e. The Morgan fingerprint density at radius 2 is 2.32 bits per heavy atom. The van der Waals surface area contributed by atoms with Gasteiger partial charge in [-0.05, 0) is 25.7 Å². The first-order valence-electron chi connectivity index (χ1n) is 6.23. The molecular weight excluding hydrogens is 248 g/mol. The van der Waals surface area contributed by atoms with Gasteiger partial charge in [0.25, 0.3) is 5.91 Å². The van der Waals surface area contributed by atoms with E-state index in [0.717, 1.165) is 23.9 Å². The van der Waals surface area contributed by atoms with Crippen LogP contribution in [0.15, 0.2) is 17.8 Å². The van der Waals surface area contributed by atoms with Crippen LogP contribution in [0.2, 0.25) is 0 Å². The maximum absolute atomic E-state index is 11.7. The minimum atomic E-state index is -1.02. The third-order valence-corrected chi connectivity index (χ3v) is 2.94. The van der Waals surface area contributed by atoms with Gasteiger partial charge in [-0.25, -0.2) is 4.68 Å². The molecule has 0 bridgehead atoms. The second kappa shape index (κ2) is 6.12. The van der Waals surface area contributed by atoms with Crippen LogP contribution >= 0.6 is 0 Å². The molecular formula is C12H16N4O3. The molecule has 7 nitrogen and oxygen atoms in total. The Kier molecular flexibility index (Phi) is 4.27. The van der Waals surface area contributed by atoms with E-state index in [4.69, 9.17) is 5.11 Å². The summed E-state index contributed by atoms with van der Waals surface area (Å²) in [6.07, 6.45) is 7.85. The standard InChI is InChI=1S/C12H16N4O3/c17-11(18)8-16-7-10(14-15-16)12(19)13-6-5-9-3-1-2-4-9/h3,7H,1-2,4-6,8H2,(H,13,19)(H,17,18). The average Bonchev–Trinajstić information content (AvgIpc) is 2.99. The topological polar surface area (TPSA) is 97.1 Å². The smallest absolute Gasteiger partial charge is 0.325 e. The molecule has 2 N–H and O–H groups in total. The number of nitrogens with zero attached hydrogens (tertiary/aromatic N) is 3. The van der Waals surface area contributed by atoms with E-state index in [0.29, 0.717) is 6.54 Å². The summed E-state index contributed by atoms with van der Waals surface area (Å²) in [6, 6.07) is 0. The molecule has 0 saturated heterocycles. The van der Waals surface area contributed by atoms with E-state index in [1.54, 1.807) is 0 Å². The number of rotatable bonds is 6. The van der Waals surface area contributed by atoms with E-state index in [2.05, 4.69) is 21.7 Å². The number of aromatic nitrogens is 3. The molecule has 0 atom stereocenters. The monoisotopic (exact) mass is 264 g/mol. The second-order valence-corrected chi connectivity index (χ2v) is 4.46. The third-order valence-electron chi connectivity index (χ3n) is 2.94. The number of carbonyl (C=O) groups excluding carboxylic acids is 1. The van der Waals surface area contributed by atoms with Crippen LogP contribution in [-0.2, 0) is 11.3 Å². The highest BCUT2D eigenvalue weighted by atomic mass is 16.4. The van der Waals surface area contributed by atoms with Crippen molar-refractivity contribution in [2.75, 3.05) is 6.54 Å². The Morgan fingerprint density at radius 3 is 3.00 bits per heavy atom. The Balaban J connectivity index is 1.79. The first-order chi connectivity index (χ1) is 9.15. The van der Waals surface area contributed by atoms with Gasteiger partial charge in [-0.1, -0.05) is 16.9 Å². The number of amides is 1. The number of nitrogens with one attached hydrogen (secondary N) is 1. The van der Waals surface area contributed by atoms with Gasteiger partial charge >= 0.3 is 5.97 Å². The molecule has 0 saturated carbocycles. The van der Waals surface area contributed by atoms with Crippen LogP contribution in [0, 0.1) is 0 Å². The van der Waals surface area contributed by atoms with Crippen molar-refractivity contribution < 1.29 is 14.7 Å². The summed E-state index contributed by atoms with van der Waals surface area (Å²) in [5, 5.41) is 18.6. The zero-order valence-electron chi connectivity index (χ0n) is 10.5. The number of aliphatic carboxylic acids is 1. The molecule has 0 aromatic carbocycles. The van der Waals surface area contributed by atoms with E-state index < -0.39 is 5.97 Å². The fourth-order valence-electron chi connectivity index (χ4n) is 2.01. The molecule has 0 unspecified atom stereocenters. The van der Waals surface area contributed by atoms with E-state index in [9.17, 15) is 9.59 Å². The van der Waals surface area contributed by atoms with Crippen molar-refractivity contribution >= 4 is 11.9 Å². The highest BCUT2D eigenvalue weighted by Gasteiger charge is 2.12. The second-order valence-electron chi connectivity index (χ2n) is 4.46. The fourth-order valence-corrected chi connectivity index (χ4v) is 2.01. The van der Waals surface area contributed by atoms with Gasteiger partial charge < -0.3 is 10.4 Å². The average molecular weight is 264 g/mol. The van der Waals surface area contributed by atoms with Gasteiger partial charge in [-0.15, -0.1) is 5.10 Å². The zero-order chi connectivity index (χ0) is 13.7. The Bertz CT molecular complexity index is 507. The van der Waals surface area contributed by atoms with Crippen molar-refractivity contribution in [1.82, 2.24) is 20.3 Å². The predicted octanol–water partition coefficient (Wildman–Crippen LogP) is 0.593. The fraction of sp³-hybridized carbons (Fsp3) is 0.500. The molecule has 102 valence electrons. The quantitative estimate of drug-likeness (QED) is 0.733. The lowest BCUT2D eigenvalue weighted by Crippen LogP contribution is -2.25. The van der Waals surface area contributed by atoms with Gasteiger partial charge in [0.2, 0.25) is 0 Å². The van der Waals surface area contributed by atoms with Crippen molar-refractivity contribution in [3.8, 4) is 0 Å². The molecule has 0 fully saturated rings. The number of hydrogen-bond donors (Lipinski definition) is 2. The number of hydrogen-bond acceptors (Lipinski definition) is 4. The number of carboxylic acids is 1. The Hall–Kier alpha value is -2.18. The summed E-state index contributed by atoms with van der Waals surface area (Å²) < 4.78 is 1.12.